The van der Waals surface area contributed by atoms with Crippen LogP contribution in [0.2, 0.25) is 5.02 Å². The molecule has 6 heteroatoms. The minimum atomic E-state index is -3.59. The summed E-state index contributed by atoms with van der Waals surface area (Å²) in [6, 6.07) is 3.37. The molecule has 0 amide bonds. The van der Waals surface area contributed by atoms with Gasteiger partial charge in [0.2, 0.25) is 9.05 Å². The van der Waals surface area contributed by atoms with Gasteiger partial charge in [0, 0.05) is 27.7 Å². The van der Waals surface area contributed by atoms with E-state index in [1.807, 2.05) is 0 Å². The summed E-state index contributed by atoms with van der Waals surface area (Å²) >= 11 is 5.94. The smallest absolute Gasteiger partial charge is 0.236 e. The van der Waals surface area contributed by atoms with Gasteiger partial charge >= 0.3 is 0 Å². The minimum absolute atomic E-state index is 0.250. The Labute approximate surface area is 97.4 Å². The van der Waals surface area contributed by atoms with E-state index in [4.69, 9.17) is 27.0 Å². The second-order valence-electron chi connectivity index (χ2n) is 3.28. The van der Waals surface area contributed by atoms with Gasteiger partial charge < -0.3 is 4.74 Å². The molecule has 0 radical (unpaired) electrons. The highest BCUT2D eigenvalue weighted by atomic mass is 35.7. The molecule has 0 unspecified atom stereocenters. The molecule has 1 aromatic rings. The summed E-state index contributed by atoms with van der Waals surface area (Å²) in [6.07, 6.45) is 0.678. The van der Waals surface area contributed by atoms with Crippen molar-refractivity contribution in [3.63, 3.8) is 0 Å². The van der Waals surface area contributed by atoms with Crippen LogP contribution in [0.1, 0.15) is 11.1 Å². The van der Waals surface area contributed by atoms with Gasteiger partial charge in [0.1, 0.15) is 5.75 Å². The first kappa shape index (κ1) is 11.0. The van der Waals surface area contributed by atoms with Crippen molar-refractivity contribution in [3.05, 3.63) is 28.3 Å². The largest absolute Gasteiger partial charge is 0.493 e. The molecule has 0 saturated heterocycles. The van der Waals surface area contributed by atoms with Gasteiger partial charge in [-0.1, -0.05) is 11.6 Å². The predicted octanol–water partition coefficient (Wildman–Crippen LogP) is 2.34. The summed E-state index contributed by atoms with van der Waals surface area (Å²) in [4.78, 5) is 0. The van der Waals surface area contributed by atoms with Gasteiger partial charge in [-0.05, 0) is 17.7 Å². The Bertz CT molecular complexity index is 496. The lowest BCUT2D eigenvalue weighted by Crippen LogP contribution is -1.99. The van der Waals surface area contributed by atoms with E-state index in [1.165, 1.54) is 0 Å². The summed E-state index contributed by atoms with van der Waals surface area (Å²) in [6.45, 7) is 0.561. The molecule has 3 nitrogen and oxygen atoms in total. The number of ether oxygens (including phenoxy) is 1. The van der Waals surface area contributed by atoms with Crippen molar-refractivity contribution in [2.45, 2.75) is 12.2 Å². The number of fused-ring (bicyclic) bond motifs is 1. The molecule has 0 aromatic heterocycles. The van der Waals surface area contributed by atoms with Crippen LogP contribution in [0.25, 0.3) is 0 Å². The molecule has 1 aliphatic rings. The monoisotopic (exact) mass is 266 g/mol. The van der Waals surface area contributed by atoms with Crippen LogP contribution in [0.4, 0.5) is 0 Å². The Morgan fingerprint density at radius 2 is 2.13 bits per heavy atom. The molecular weight excluding hydrogens is 259 g/mol. The van der Waals surface area contributed by atoms with Crippen molar-refractivity contribution in [1.82, 2.24) is 0 Å². The van der Waals surface area contributed by atoms with Crippen LogP contribution in [0.5, 0.6) is 5.75 Å². The Hall–Kier alpha value is -0.450. The molecule has 0 aliphatic carbocycles. The number of rotatable bonds is 2. The number of halogens is 2. The summed E-state index contributed by atoms with van der Waals surface area (Å²) in [7, 11) is 1.63. The number of hydrogen-bond acceptors (Lipinski definition) is 3. The fraction of sp³-hybridized carbons (Fsp3) is 0.333. The van der Waals surface area contributed by atoms with E-state index in [1.54, 1.807) is 12.1 Å². The van der Waals surface area contributed by atoms with Gasteiger partial charge in [-0.15, -0.1) is 0 Å². The molecule has 0 saturated carbocycles. The Morgan fingerprint density at radius 1 is 1.40 bits per heavy atom. The summed E-state index contributed by atoms with van der Waals surface area (Å²) in [5.74, 6) is 0.453. The molecule has 1 aliphatic heterocycles. The fourth-order valence-electron chi connectivity index (χ4n) is 1.64. The number of hydrogen-bond donors (Lipinski definition) is 0. The van der Waals surface area contributed by atoms with E-state index in [0.29, 0.717) is 29.4 Å². The minimum Gasteiger partial charge on any atom is -0.493 e. The van der Waals surface area contributed by atoms with Gasteiger partial charge in [-0.25, -0.2) is 8.42 Å². The molecule has 0 fully saturated rings. The molecule has 0 spiro atoms. The Balaban J connectivity index is 2.50. The summed E-state index contributed by atoms with van der Waals surface area (Å²) in [5.41, 5.74) is 1.41. The van der Waals surface area contributed by atoms with Crippen molar-refractivity contribution in [1.29, 1.82) is 0 Å². The third-order valence-electron chi connectivity index (χ3n) is 2.26. The highest BCUT2D eigenvalue weighted by molar-refractivity contribution is 8.13. The lowest BCUT2D eigenvalue weighted by atomic mass is 10.1. The molecule has 82 valence electrons. The van der Waals surface area contributed by atoms with E-state index in [2.05, 4.69) is 0 Å². The van der Waals surface area contributed by atoms with E-state index in [9.17, 15) is 8.42 Å². The Morgan fingerprint density at radius 3 is 2.80 bits per heavy atom. The lowest BCUT2D eigenvalue weighted by Gasteiger charge is -2.07. The normalized spacial score (nSPS) is 14.8. The van der Waals surface area contributed by atoms with Crippen LogP contribution >= 0.6 is 22.3 Å². The first-order chi connectivity index (χ1) is 6.97. The van der Waals surface area contributed by atoms with E-state index in [-0.39, 0.29) is 5.75 Å². The van der Waals surface area contributed by atoms with Gasteiger partial charge in [-0.3, -0.25) is 0 Å². The van der Waals surface area contributed by atoms with E-state index in [0.717, 1.165) is 5.56 Å². The molecule has 1 heterocycles. The van der Waals surface area contributed by atoms with Crippen LogP contribution in [0.3, 0.4) is 0 Å². The second-order valence-corrected chi connectivity index (χ2v) is 6.47. The molecule has 2 rings (SSSR count). The maximum atomic E-state index is 11.0. The van der Waals surface area contributed by atoms with Crippen LogP contribution < -0.4 is 4.74 Å². The van der Waals surface area contributed by atoms with E-state index >= 15 is 0 Å². The zero-order valence-electron chi connectivity index (χ0n) is 7.66. The van der Waals surface area contributed by atoms with E-state index < -0.39 is 9.05 Å². The second kappa shape index (κ2) is 3.85. The van der Waals surface area contributed by atoms with Crippen LogP contribution in [0.15, 0.2) is 12.1 Å². The molecular formula is C9H8Cl2O3S. The van der Waals surface area contributed by atoms with Gasteiger partial charge in [0.25, 0.3) is 0 Å². The highest BCUT2D eigenvalue weighted by Gasteiger charge is 2.21. The number of benzene rings is 1. The van der Waals surface area contributed by atoms with Crippen molar-refractivity contribution < 1.29 is 13.2 Å². The lowest BCUT2D eigenvalue weighted by molar-refractivity contribution is 0.357. The predicted molar refractivity (Wildman–Crippen MR) is 59.1 cm³/mol. The van der Waals surface area contributed by atoms with Gasteiger partial charge in [0.05, 0.1) is 12.4 Å². The highest BCUT2D eigenvalue weighted by Crippen LogP contribution is 2.34. The molecule has 0 bridgehead atoms. The molecule has 0 N–H and O–H groups in total. The fourth-order valence-corrected chi connectivity index (χ4v) is 2.97. The maximum absolute atomic E-state index is 11.0. The van der Waals surface area contributed by atoms with Crippen molar-refractivity contribution in [3.8, 4) is 5.75 Å². The van der Waals surface area contributed by atoms with Crippen LogP contribution in [-0.2, 0) is 21.2 Å². The SMILES string of the molecule is O=S(=O)(Cl)Cc1c(Cl)ccc2c1CCO2. The van der Waals surface area contributed by atoms with Gasteiger partial charge in [0.15, 0.2) is 0 Å². The average Bonchev–Trinajstić information content (AvgIpc) is 2.56. The van der Waals surface area contributed by atoms with Crippen molar-refractivity contribution >= 4 is 31.3 Å². The topological polar surface area (TPSA) is 43.4 Å². The zero-order chi connectivity index (χ0) is 11.1. The summed E-state index contributed by atoms with van der Waals surface area (Å²) < 4.78 is 27.3. The zero-order valence-corrected chi connectivity index (χ0v) is 9.99. The third-order valence-corrected chi connectivity index (χ3v) is 3.57. The first-order valence-corrected chi connectivity index (χ1v) is 7.18. The summed E-state index contributed by atoms with van der Waals surface area (Å²) in [5, 5.41) is 0.420. The average molecular weight is 267 g/mol. The van der Waals surface area contributed by atoms with Crippen LogP contribution in [-0.4, -0.2) is 15.0 Å². The van der Waals surface area contributed by atoms with Crippen molar-refractivity contribution in [2.75, 3.05) is 6.61 Å². The molecule has 0 atom stereocenters. The Kier molecular flexibility index (Phi) is 2.83. The quantitative estimate of drug-likeness (QED) is 0.772. The first-order valence-electron chi connectivity index (χ1n) is 4.33. The molecule has 15 heavy (non-hydrogen) atoms. The maximum Gasteiger partial charge on any atom is 0.236 e. The third kappa shape index (κ3) is 2.38. The van der Waals surface area contributed by atoms with Gasteiger partial charge in [-0.2, -0.15) is 0 Å². The molecule has 1 aromatic carbocycles. The van der Waals surface area contributed by atoms with Crippen LogP contribution in [0, 0.1) is 0 Å². The standard InChI is InChI=1S/C9H8Cl2O3S/c10-8-1-2-9-6(3-4-14-9)7(8)5-15(11,12)13/h1-2H,3-5H2. The van der Waals surface area contributed by atoms with Crippen molar-refractivity contribution in [2.24, 2.45) is 0 Å².